The molecule has 2 unspecified atom stereocenters. The van der Waals surface area contributed by atoms with Crippen molar-refractivity contribution in [3.63, 3.8) is 0 Å². The minimum Gasteiger partial charge on any atom is -0.460 e. The molecule has 3 nitrogen and oxygen atoms in total. The number of esters is 1. The summed E-state index contributed by atoms with van der Waals surface area (Å²) >= 11 is 0. The number of hydrogen-bond donors (Lipinski definition) is 0. The average Bonchev–Trinajstić information content (AvgIpc) is 2.27. The van der Waals surface area contributed by atoms with Gasteiger partial charge in [-0.05, 0) is 19.3 Å². The third-order valence-electron chi connectivity index (χ3n) is 2.71. The Morgan fingerprint density at radius 3 is 2.06 bits per heavy atom. The van der Waals surface area contributed by atoms with E-state index in [1.54, 1.807) is 0 Å². The molecular formula is C14H28O3. The molecule has 2 atom stereocenters. The van der Waals surface area contributed by atoms with Gasteiger partial charge in [0, 0.05) is 13.5 Å². The van der Waals surface area contributed by atoms with Crippen LogP contribution in [-0.2, 0) is 14.3 Å². The van der Waals surface area contributed by atoms with Crippen LogP contribution < -0.4 is 0 Å². The van der Waals surface area contributed by atoms with Gasteiger partial charge in [0.15, 0.2) is 0 Å². The fourth-order valence-electron chi connectivity index (χ4n) is 1.86. The fourth-order valence-corrected chi connectivity index (χ4v) is 1.86. The van der Waals surface area contributed by atoms with Gasteiger partial charge in [0.05, 0.1) is 6.10 Å². The highest BCUT2D eigenvalue weighted by Crippen LogP contribution is 2.16. The highest BCUT2D eigenvalue weighted by atomic mass is 16.6. The lowest BCUT2D eigenvalue weighted by Gasteiger charge is -2.26. The minimum atomic E-state index is -0.205. The standard InChI is InChI=1S/C14H28O3/c1-5-8-11-16-13(9-6-2)14(10-7-3)17-12(4)15/h13-14H,5-11H2,1-4H3. The van der Waals surface area contributed by atoms with Crippen molar-refractivity contribution in [1.82, 2.24) is 0 Å². The quantitative estimate of drug-likeness (QED) is 0.434. The highest BCUT2D eigenvalue weighted by Gasteiger charge is 2.23. The maximum Gasteiger partial charge on any atom is 0.302 e. The molecule has 0 radical (unpaired) electrons. The van der Waals surface area contributed by atoms with Crippen LogP contribution in [0.1, 0.15) is 66.2 Å². The molecule has 0 heterocycles. The van der Waals surface area contributed by atoms with Crippen molar-refractivity contribution < 1.29 is 14.3 Å². The zero-order chi connectivity index (χ0) is 13.1. The summed E-state index contributed by atoms with van der Waals surface area (Å²) in [5, 5.41) is 0. The van der Waals surface area contributed by atoms with Crippen molar-refractivity contribution in [3.8, 4) is 0 Å². The molecule has 3 heteroatoms. The first-order valence-electron chi connectivity index (χ1n) is 6.94. The molecule has 0 aliphatic carbocycles. The molecule has 0 amide bonds. The summed E-state index contributed by atoms with van der Waals surface area (Å²) in [5.41, 5.74) is 0. The van der Waals surface area contributed by atoms with Gasteiger partial charge in [-0.1, -0.05) is 40.0 Å². The molecule has 0 bridgehead atoms. The van der Waals surface area contributed by atoms with Crippen LogP contribution >= 0.6 is 0 Å². The zero-order valence-electron chi connectivity index (χ0n) is 11.8. The van der Waals surface area contributed by atoms with Crippen LogP contribution in [0.5, 0.6) is 0 Å². The van der Waals surface area contributed by atoms with Crippen LogP contribution in [0.4, 0.5) is 0 Å². The molecular weight excluding hydrogens is 216 g/mol. The summed E-state index contributed by atoms with van der Waals surface area (Å²) in [6.07, 6.45) is 6.10. The largest absolute Gasteiger partial charge is 0.460 e. The van der Waals surface area contributed by atoms with E-state index in [-0.39, 0.29) is 18.2 Å². The second kappa shape index (κ2) is 10.6. The van der Waals surface area contributed by atoms with E-state index >= 15 is 0 Å². The summed E-state index contributed by atoms with van der Waals surface area (Å²) in [6, 6.07) is 0. The van der Waals surface area contributed by atoms with E-state index in [2.05, 4.69) is 20.8 Å². The van der Waals surface area contributed by atoms with Gasteiger partial charge >= 0.3 is 5.97 Å². The van der Waals surface area contributed by atoms with Gasteiger partial charge in [-0.2, -0.15) is 0 Å². The van der Waals surface area contributed by atoms with Crippen LogP contribution in [0.25, 0.3) is 0 Å². The van der Waals surface area contributed by atoms with E-state index in [0.717, 1.165) is 45.1 Å². The third-order valence-corrected chi connectivity index (χ3v) is 2.71. The van der Waals surface area contributed by atoms with Gasteiger partial charge in [-0.3, -0.25) is 4.79 Å². The van der Waals surface area contributed by atoms with E-state index in [1.807, 2.05) is 0 Å². The first-order chi connectivity index (χ1) is 8.15. The first-order valence-corrected chi connectivity index (χ1v) is 6.94. The van der Waals surface area contributed by atoms with Crippen molar-refractivity contribution in [3.05, 3.63) is 0 Å². The van der Waals surface area contributed by atoms with Gasteiger partial charge in [0.2, 0.25) is 0 Å². The molecule has 17 heavy (non-hydrogen) atoms. The van der Waals surface area contributed by atoms with Gasteiger partial charge in [-0.15, -0.1) is 0 Å². The molecule has 0 saturated heterocycles. The Hall–Kier alpha value is -0.570. The van der Waals surface area contributed by atoms with Crippen molar-refractivity contribution in [2.45, 2.75) is 78.4 Å². The Morgan fingerprint density at radius 1 is 1.00 bits per heavy atom. The van der Waals surface area contributed by atoms with Crippen LogP contribution in [-0.4, -0.2) is 24.8 Å². The first kappa shape index (κ1) is 16.4. The number of ether oxygens (including phenoxy) is 2. The van der Waals surface area contributed by atoms with Crippen molar-refractivity contribution in [1.29, 1.82) is 0 Å². The number of carbonyl (C=O) groups is 1. The molecule has 0 spiro atoms. The van der Waals surface area contributed by atoms with E-state index in [9.17, 15) is 4.79 Å². The summed E-state index contributed by atoms with van der Waals surface area (Å²) in [6.45, 7) is 8.62. The predicted molar refractivity (Wildman–Crippen MR) is 70.0 cm³/mol. The third kappa shape index (κ3) is 8.19. The molecule has 0 aromatic heterocycles. The second-order valence-electron chi connectivity index (χ2n) is 4.49. The summed E-state index contributed by atoms with van der Waals surface area (Å²) in [7, 11) is 0. The van der Waals surface area contributed by atoms with Crippen molar-refractivity contribution in [2.75, 3.05) is 6.61 Å². The minimum absolute atomic E-state index is 0.0652. The Bertz CT molecular complexity index is 192. The number of hydrogen-bond acceptors (Lipinski definition) is 3. The number of unbranched alkanes of at least 4 members (excludes halogenated alkanes) is 1. The number of rotatable bonds is 10. The molecule has 0 aromatic rings. The molecule has 0 rings (SSSR count). The topological polar surface area (TPSA) is 35.5 Å². The maximum absolute atomic E-state index is 11.1. The van der Waals surface area contributed by atoms with Crippen molar-refractivity contribution in [2.24, 2.45) is 0 Å². The molecule has 0 saturated carbocycles. The zero-order valence-corrected chi connectivity index (χ0v) is 11.8. The Kier molecular flexibility index (Phi) is 10.2. The average molecular weight is 244 g/mol. The van der Waals surface area contributed by atoms with Gasteiger partial charge < -0.3 is 9.47 Å². The Balaban J connectivity index is 4.29. The van der Waals surface area contributed by atoms with E-state index in [0.29, 0.717) is 0 Å². The predicted octanol–water partition coefficient (Wildman–Crippen LogP) is 3.70. The monoisotopic (exact) mass is 244 g/mol. The number of carbonyl (C=O) groups excluding carboxylic acids is 1. The molecule has 0 N–H and O–H groups in total. The fraction of sp³-hybridized carbons (Fsp3) is 0.929. The normalized spacial score (nSPS) is 14.4. The van der Waals surface area contributed by atoms with E-state index in [1.165, 1.54) is 6.92 Å². The SMILES string of the molecule is CCCCOC(CCC)C(CCC)OC(C)=O. The van der Waals surface area contributed by atoms with Gasteiger partial charge in [0.25, 0.3) is 0 Å². The Labute approximate surface area is 106 Å². The highest BCUT2D eigenvalue weighted by molar-refractivity contribution is 5.66. The Morgan fingerprint density at radius 2 is 1.59 bits per heavy atom. The second-order valence-corrected chi connectivity index (χ2v) is 4.49. The van der Waals surface area contributed by atoms with Crippen LogP contribution in [0, 0.1) is 0 Å². The van der Waals surface area contributed by atoms with Gasteiger partial charge in [0.1, 0.15) is 6.10 Å². The molecule has 102 valence electrons. The molecule has 0 fully saturated rings. The van der Waals surface area contributed by atoms with E-state index in [4.69, 9.17) is 9.47 Å². The summed E-state index contributed by atoms with van der Waals surface area (Å²) in [4.78, 5) is 11.1. The van der Waals surface area contributed by atoms with Crippen LogP contribution in [0.15, 0.2) is 0 Å². The van der Waals surface area contributed by atoms with Gasteiger partial charge in [-0.25, -0.2) is 0 Å². The van der Waals surface area contributed by atoms with E-state index < -0.39 is 0 Å². The molecule has 0 aromatic carbocycles. The summed E-state index contributed by atoms with van der Waals surface area (Å²) < 4.78 is 11.2. The van der Waals surface area contributed by atoms with Crippen LogP contribution in [0.3, 0.4) is 0 Å². The van der Waals surface area contributed by atoms with Crippen molar-refractivity contribution >= 4 is 5.97 Å². The smallest absolute Gasteiger partial charge is 0.302 e. The lowest BCUT2D eigenvalue weighted by atomic mass is 10.0. The maximum atomic E-state index is 11.1. The summed E-state index contributed by atoms with van der Waals surface area (Å²) in [5.74, 6) is -0.205. The molecule has 0 aliphatic rings. The van der Waals surface area contributed by atoms with Crippen LogP contribution in [0.2, 0.25) is 0 Å². The molecule has 0 aliphatic heterocycles. The lowest BCUT2D eigenvalue weighted by molar-refractivity contribution is -0.156. The lowest BCUT2D eigenvalue weighted by Crippen LogP contribution is -2.33.